The predicted octanol–water partition coefficient (Wildman–Crippen LogP) is 0.407. The summed E-state index contributed by atoms with van der Waals surface area (Å²) < 4.78 is 0. The number of unbranched alkanes of at least 4 members (excludes halogenated alkanes) is 2. The summed E-state index contributed by atoms with van der Waals surface area (Å²) in [5.41, 5.74) is 0. The standard InChI is InChI=1S/C11H22N2O2/c14-9-5-1-3-8-13-11(15)10-6-2-4-7-12-10/h10,12,14H,1-9H2,(H,13,15)/t10-/m1/s1. The normalized spacial score (nSPS) is 21.3. The number of aliphatic hydroxyl groups is 1. The highest BCUT2D eigenvalue weighted by Crippen LogP contribution is 2.06. The summed E-state index contributed by atoms with van der Waals surface area (Å²) in [4.78, 5) is 11.6. The van der Waals surface area contributed by atoms with Crippen LogP contribution >= 0.6 is 0 Å². The predicted molar refractivity (Wildman–Crippen MR) is 59.6 cm³/mol. The van der Waals surface area contributed by atoms with E-state index in [9.17, 15) is 4.79 Å². The molecule has 1 amide bonds. The van der Waals surface area contributed by atoms with Crippen LogP contribution in [-0.2, 0) is 4.79 Å². The molecule has 1 aliphatic rings. The average Bonchev–Trinajstić information content (AvgIpc) is 2.30. The van der Waals surface area contributed by atoms with Gasteiger partial charge in [-0.15, -0.1) is 0 Å². The van der Waals surface area contributed by atoms with Crippen LogP contribution in [0, 0.1) is 0 Å². The molecule has 0 aromatic heterocycles. The SMILES string of the molecule is O=C(NCCCCCO)[C@H]1CCCCN1. The van der Waals surface area contributed by atoms with Gasteiger partial charge in [0.1, 0.15) is 0 Å². The van der Waals surface area contributed by atoms with Gasteiger partial charge in [0.25, 0.3) is 0 Å². The Bertz CT molecular complexity index is 179. The van der Waals surface area contributed by atoms with Gasteiger partial charge in [-0.25, -0.2) is 0 Å². The maximum Gasteiger partial charge on any atom is 0.237 e. The number of piperidine rings is 1. The number of rotatable bonds is 6. The number of amides is 1. The van der Waals surface area contributed by atoms with E-state index in [-0.39, 0.29) is 18.6 Å². The van der Waals surface area contributed by atoms with Gasteiger partial charge in [0.2, 0.25) is 5.91 Å². The van der Waals surface area contributed by atoms with Crippen LogP contribution in [0.15, 0.2) is 0 Å². The molecule has 0 unspecified atom stereocenters. The second-order valence-electron chi connectivity index (χ2n) is 4.08. The van der Waals surface area contributed by atoms with Crippen LogP contribution in [0.25, 0.3) is 0 Å². The fraction of sp³-hybridized carbons (Fsp3) is 0.909. The minimum absolute atomic E-state index is 0.0246. The third-order valence-electron chi connectivity index (χ3n) is 2.76. The molecule has 0 aromatic rings. The molecule has 1 aliphatic heterocycles. The number of hydrogen-bond acceptors (Lipinski definition) is 3. The Kier molecular flexibility index (Phi) is 6.36. The monoisotopic (exact) mass is 214 g/mol. The van der Waals surface area contributed by atoms with Gasteiger partial charge >= 0.3 is 0 Å². The van der Waals surface area contributed by atoms with Crippen LogP contribution in [0.2, 0.25) is 0 Å². The molecule has 3 N–H and O–H groups in total. The van der Waals surface area contributed by atoms with Crippen LogP contribution in [0.4, 0.5) is 0 Å². The lowest BCUT2D eigenvalue weighted by Crippen LogP contribution is -2.46. The molecule has 15 heavy (non-hydrogen) atoms. The van der Waals surface area contributed by atoms with Gasteiger partial charge in [-0.3, -0.25) is 4.79 Å². The summed E-state index contributed by atoms with van der Waals surface area (Å²) in [6.45, 7) is 1.94. The lowest BCUT2D eigenvalue weighted by Gasteiger charge is -2.22. The summed E-state index contributed by atoms with van der Waals surface area (Å²) >= 11 is 0. The third-order valence-corrected chi connectivity index (χ3v) is 2.76. The highest BCUT2D eigenvalue weighted by Gasteiger charge is 2.19. The Morgan fingerprint density at radius 3 is 2.87 bits per heavy atom. The first kappa shape index (κ1) is 12.5. The van der Waals surface area contributed by atoms with Crippen molar-refractivity contribution in [2.45, 2.75) is 44.6 Å². The van der Waals surface area contributed by atoms with Crippen LogP contribution in [0.5, 0.6) is 0 Å². The molecule has 88 valence electrons. The minimum atomic E-state index is 0.0246. The second-order valence-corrected chi connectivity index (χ2v) is 4.08. The smallest absolute Gasteiger partial charge is 0.237 e. The van der Waals surface area contributed by atoms with Crippen molar-refractivity contribution in [1.82, 2.24) is 10.6 Å². The molecule has 0 spiro atoms. The molecule has 1 heterocycles. The second kappa shape index (κ2) is 7.65. The van der Waals surface area contributed by atoms with Crippen molar-refractivity contribution in [3.8, 4) is 0 Å². The Labute approximate surface area is 91.4 Å². The molecule has 0 bridgehead atoms. The van der Waals surface area contributed by atoms with E-state index in [4.69, 9.17) is 5.11 Å². The van der Waals surface area contributed by atoms with Crippen molar-refractivity contribution in [1.29, 1.82) is 0 Å². The molecule has 1 rings (SSSR count). The summed E-state index contributed by atoms with van der Waals surface area (Å²) in [5, 5.41) is 14.7. The third kappa shape index (κ3) is 5.14. The van der Waals surface area contributed by atoms with Crippen LogP contribution in [-0.4, -0.2) is 36.8 Å². The summed E-state index contributed by atoms with van der Waals surface area (Å²) in [7, 11) is 0. The van der Waals surface area contributed by atoms with Gasteiger partial charge in [-0.05, 0) is 38.6 Å². The Balaban J connectivity index is 2.02. The van der Waals surface area contributed by atoms with Gasteiger partial charge in [0.05, 0.1) is 6.04 Å². The van der Waals surface area contributed by atoms with E-state index in [1.165, 1.54) is 6.42 Å². The van der Waals surface area contributed by atoms with E-state index in [0.717, 1.165) is 45.2 Å². The zero-order valence-electron chi connectivity index (χ0n) is 9.30. The molecular weight excluding hydrogens is 192 g/mol. The van der Waals surface area contributed by atoms with E-state index < -0.39 is 0 Å². The maximum absolute atomic E-state index is 11.6. The molecular formula is C11H22N2O2. The van der Waals surface area contributed by atoms with Crippen LogP contribution < -0.4 is 10.6 Å². The van der Waals surface area contributed by atoms with Gasteiger partial charge in [0, 0.05) is 13.2 Å². The van der Waals surface area contributed by atoms with Crippen molar-refractivity contribution in [3.05, 3.63) is 0 Å². The van der Waals surface area contributed by atoms with Gasteiger partial charge in [-0.1, -0.05) is 6.42 Å². The van der Waals surface area contributed by atoms with Crippen LogP contribution in [0.3, 0.4) is 0 Å². The van der Waals surface area contributed by atoms with E-state index >= 15 is 0 Å². The first-order valence-corrected chi connectivity index (χ1v) is 5.96. The zero-order valence-corrected chi connectivity index (χ0v) is 9.30. The fourth-order valence-electron chi connectivity index (χ4n) is 1.82. The molecule has 4 nitrogen and oxygen atoms in total. The molecule has 0 radical (unpaired) electrons. The van der Waals surface area contributed by atoms with Crippen molar-refractivity contribution in [2.75, 3.05) is 19.7 Å². The first-order chi connectivity index (χ1) is 7.34. The molecule has 0 aromatic carbocycles. The lowest BCUT2D eigenvalue weighted by atomic mass is 10.0. The number of aliphatic hydroxyl groups excluding tert-OH is 1. The van der Waals surface area contributed by atoms with Gasteiger partial charge in [-0.2, -0.15) is 0 Å². The summed E-state index contributed by atoms with van der Waals surface area (Å²) in [6, 6.07) is 0.0246. The molecule has 1 fully saturated rings. The van der Waals surface area contributed by atoms with E-state index in [2.05, 4.69) is 10.6 Å². The molecule has 1 saturated heterocycles. The average molecular weight is 214 g/mol. The van der Waals surface area contributed by atoms with E-state index in [1.54, 1.807) is 0 Å². The van der Waals surface area contributed by atoms with Crippen molar-refractivity contribution < 1.29 is 9.90 Å². The van der Waals surface area contributed by atoms with Crippen molar-refractivity contribution >= 4 is 5.91 Å². The zero-order chi connectivity index (χ0) is 10.9. The van der Waals surface area contributed by atoms with E-state index in [1.807, 2.05) is 0 Å². The van der Waals surface area contributed by atoms with Crippen LogP contribution in [0.1, 0.15) is 38.5 Å². The minimum Gasteiger partial charge on any atom is -0.396 e. The topological polar surface area (TPSA) is 61.4 Å². The quantitative estimate of drug-likeness (QED) is 0.561. The molecule has 0 saturated carbocycles. The number of hydrogen-bond donors (Lipinski definition) is 3. The molecule has 4 heteroatoms. The highest BCUT2D eigenvalue weighted by molar-refractivity contribution is 5.81. The van der Waals surface area contributed by atoms with Gasteiger partial charge in [0.15, 0.2) is 0 Å². The summed E-state index contributed by atoms with van der Waals surface area (Å²) in [5.74, 6) is 0.138. The highest BCUT2D eigenvalue weighted by atomic mass is 16.2. The lowest BCUT2D eigenvalue weighted by molar-refractivity contribution is -0.123. The number of carbonyl (C=O) groups excluding carboxylic acids is 1. The Morgan fingerprint density at radius 2 is 2.20 bits per heavy atom. The largest absolute Gasteiger partial charge is 0.396 e. The molecule has 0 aliphatic carbocycles. The summed E-state index contributed by atoms with van der Waals surface area (Å²) in [6.07, 6.45) is 6.06. The van der Waals surface area contributed by atoms with Crippen molar-refractivity contribution in [2.24, 2.45) is 0 Å². The number of nitrogens with one attached hydrogen (secondary N) is 2. The van der Waals surface area contributed by atoms with Crippen molar-refractivity contribution in [3.63, 3.8) is 0 Å². The van der Waals surface area contributed by atoms with E-state index in [0.29, 0.717) is 0 Å². The first-order valence-electron chi connectivity index (χ1n) is 5.96. The Hall–Kier alpha value is -0.610. The Morgan fingerprint density at radius 1 is 1.33 bits per heavy atom. The fourth-order valence-corrected chi connectivity index (χ4v) is 1.82. The molecule has 1 atom stereocenters. The maximum atomic E-state index is 11.6. The number of carbonyl (C=O) groups is 1. The van der Waals surface area contributed by atoms with Gasteiger partial charge < -0.3 is 15.7 Å².